The van der Waals surface area contributed by atoms with Crippen molar-refractivity contribution in [3.05, 3.63) is 77.0 Å². The number of likely N-dealkylation sites (tertiary alicyclic amines) is 1. The third-order valence-electron chi connectivity index (χ3n) is 8.14. The van der Waals surface area contributed by atoms with Gasteiger partial charge < -0.3 is 31.3 Å². The van der Waals surface area contributed by atoms with E-state index in [4.69, 9.17) is 5.73 Å². The average Bonchev–Trinajstić information content (AvgIpc) is 3.46. The number of rotatable bonds is 8. The second kappa shape index (κ2) is 11.5. The second-order valence-corrected chi connectivity index (χ2v) is 11.8. The molecule has 40 heavy (non-hydrogen) atoms. The lowest BCUT2D eigenvalue weighted by Crippen LogP contribution is -2.48. The molecule has 2 unspecified atom stereocenters. The number of aromatic nitrogens is 2. The van der Waals surface area contributed by atoms with Crippen LogP contribution in [0.2, 0.25) is 0 Å². The molecular weight excluding hydrogens is 504 g/mol. The highest BCUT2D eigenvalue weighted by atomic mass is 16.3. The number of aromatic amines is 1. The number of nitrogens with two attached hydrogens (primary N) is 1. The minimum absolute atomic E-state index is 0.105. The van der Waals surface area contributed by atoms with Crippen molar-refractivity contribution in [1.29, 1.82) is 0 Å². The minimum atomic E-state index is -0.687. The molecule has 5 rings (SSSR count). The van der Waals surface area contributed by atoms with Crippen molar-refractivity contribution >= 4 is 17.5 Å². The van der Waals surface area contributed by atoms with Gasteiger partial charge in [0.2, 0.25) is 0 Å². The Kier molecular flexibility index (Phi) is 8.02. The van der Waals surface area contributed by atoms with Gasteiger partial charge in [0.05, 0.1) is 23.8 Å². The first kappa shape index (κ1) is 27.9. The summed E-state index contributed by atoms with van der Waals surface area (Å²) in [5.74, 6) is 0.778. The number of nitrogen functional groups attached to an aromatic ring is 1. The number of urea groups is 1. The molecule has 2 amide bonds. The minimum Gasteiger partial charge on any atom is -0.399 e. The Morgan fingerprint density at radius 3 is 2.60 bits per heavy atom. The van der Waals surface area contributed by atoms with Gasteiger partial charge >= 0.3 is 6.03 Å². The van der Waals surface area contributed by atoms with Crippen molar-refractivity contribution in [2.45, 2.75) is 57.1 Å². The monoisotopic (exact) mass is 546 g/mol. The van der Waals surface area contributed by atoms with Crippen molar-refractivity contribution in [2.24, 2.45) is 0 Å². The number of benzene rings is 2. The van der Waals surface area contributed by atoms with E-state index in [0.717, 1.165) is 47.6 Å². The van der Waals surface area contributed by atoms with E-state index in [0.29, 0.717) is 25.3 Å². The van der Waals surface area contributed by atoms with Crippen LogP contribution in [-0.2, 0) is 12.1 Å². The van der Waals surface area contributed by atoms with Gasteiger partial charge in [0, 0.05) is 36.9 Å². The molecule has 10 heteroatoms. The number of aliphatic hydroxyl groups is 1. The molecule has 0 saturated carbocycles. The predicted octanol–water partition coefficient (Wildman–Crippen LogP) is 3.62. The van der Waals surface area contributed by atoms with Crippen molar-refractivity contribution in [3.8, 4) is 0 Å². The molecule has 3 atom stereocenters. The highest BCUT2D eigenvalue weighted by Crippen LogP contribution is 2.41. The average molecular weight is 547 g/mol. The van der Waals surface area contributed by atoms with Gasteiger partial charge in [0.15, 0.2) is 5.82 Å². The Labute approximate surface area is 236 Å². The normalized spacial score (nSPS) is 20.2. The number of hydrogen-bond acceptors (Lipinski definition) is 7. The van der Waals surface area contributed by atoms with Crippen LogP contribution in [-0.4, -0.2) is 75.8 Å². The fourth-order valence-corrected chi connectivity index (χ4v) is 5.89. The lowest BCUT2D eigenvalue weighted by molar-refractivity contribution is -0.0126. The summed E-state index contributed by atoms with van der Waals surface area (Å²) in [5, 5.41) is 25.7. The van der Waals surface area contributed by atoms with Crippen molar-refractivity contribution in [3.63, 3.8) is 0 Å². The Balaban J connectivity index is 1.27. The third kappa shape index (κ3) is 5.79. The summed E-state index contributed by atoms with van der Waals surface area (Å²) in [7, 11) is 4.02. The van der Waals surface area contributed by atoms with Gasteiger partial charge in [0.1, 0.15) is 6.23 Å². The van der Waals surface area contributed by atoms with Crippen LogP contribution in [0.15, 0.2) is 54.6 Å². The van der Waals surface area contributed by atoms with E-state index in [1.807, 2.05) is 61.5 Å². The molecule has 3 aromatic rings. The zero-order valence-electron chi connectivity index (χ0n) is 23.9. The number of piperidine rings is 1. The molecule has 6 N–H and O–H groups in total. The van der Waals surface area contributed by atoms with Gasteiger partial charge in [-0.3, -0.25) is 10.00 Å². The topological polar surface area (TPSA) is 126 Å². The van der Waals surface area contributed by atoms with Crippen LogP contribution >= 0.6 is 0 Å². The fraction of sp³-hybridized carbons (Fsp3) is 0.467. The maximum Gasteiger partial charge on any atom is 0.319 e. The number of fused-ring (bicyclic) bond motifs is 1. The number of nitrogens with one attached hydrogen (secondary N) is 3. The summed E-state index contributed by atoms with van der Waals surface area (Å²) < 4.78 is 0. The molecule has 10 nitrogen and oxygen atoms in total. The molecule has 0 radical (unpaired) electrons. The third-order valence-corrected chi connectivity index (χ3v) is 8.14. The Bertz CT molecular complexity index is 1290. The van der Waals surface area contributed by atoms with E-state index < -0.39 is 11.8 Å². The first-order valence-electron chi connectivity index (χ1n) is 14.0. The molecular formula is C30H42N8O2. The number of H-pyrrole nitrogens is 1. The molecule has 214 valence electrons. The van der Waals surface area contributed by atoms with Gasteiger partial charge in [-0.15, -0.1) is 0 Å². The van der Waals surface area contributed by atoms with Crippen LogP contribution < -0.4 is 16.4 Å². The van der Waals surface area contributed by atoms with E-state index in [1.165, 1.54) is 0 Å². The molecule has 0 spiro atoms. The second-order valence-electron chi connectivity index (χ2n) is 11.8. The van der Waals surface area contributed by atoms with Crippen LogP contribution in [0.1, 0.15) is 61.3 Å². The smallest absolute Gasteiger partial charge is 0.319 e. The van der Waals surface area contributed by atoms with E-state index >= 15 is 0 Å². The largest absolute Gasteiger partial charge is 0.399 e. The van der Waals surface area contributed by atoms with E-state index in [-0.39, 0.29) is 18.1 Å². The number of hydrogen-bond donors (Lipinski definition) is 5. The molecule has 2 aromatic carbocycles. The number of carbonyl (C=O) groups excluding carboxylic acids is 1. The van der Waals surface area contributed by atoms with Gasteiger partial charge in [-0.1, -0.05) is 42.5 Å². The van der Waals surface area contributed by atoms with Gasteiger partial charge in [-0.2, -0.15) is 5.10 Å². The molecule has 0 aliphatic carbocycles. The summed E-state index contributed by atoms with van der Waals surface area (Å²) in [5.41, 5.74) is 9.83. The highest BCUT2D eigenvalue weighted by Gasteiger charge is 2.44. The van der Waals surface area contributed by atoms with Crippen LogP contribution in [0.3, 0.4) is 0 Å². The fourth-order valence-electron chi connectivity index (χ4n) is 5.89. The molecule has 2 aliphatic rings. The van der Waals surface area contributed by atoms with E-state index in [1.54, 1.807) is 0 Å². The highest BCUT2D eigenvalue weighted by molar-refractivity contribution is 5.77. The SMILES string of the molecule is CN(C)C[C@@H](NC(=O)N1Cc2c(NC3CCCN(C(O)c4ccc(N)cc4)C3)n[nH]c2C1(C)C)c1ccccc1. The Morgan fingerprint density at radius 1 is 1.18 bits per heavy atom. The van der Waals surface area contributed by atoms with E-state index in [9.17, 15) is 9.90 Å². The molecule has 2 aliphatic heterocycles. The quantitative estimate of drug-likeness (QED) is 0.273. The van der Waals surface area contributed by atoms with E-state index in [2.05, 4.69) is 56.6 Å². The molecule has 1 fully saturated rings. The van der Waals surface area contributed by atoms with Crippen LogP contribution in [0.4, 0.5) is 16.3 Å². The summed E-state index contributed by atoms with van der Waals surface area (Å²) >= 11 is 0. The number of anilines is 2. The number of aliphatic hydroxyl groups excluding tert-OH is 1. The number of carbonyl (C=O) groups is 1. The van der Waals surface area contributed by atoms with Crippen LogP contribution in [0.25, 0.3) is 0 Å². The number of nitrogens with zero attached hydrogens (tertiary/aromatic N) is 4. The summed E-state index contributed by atoms with van der Waals surface area (Å²) in [6, 6.07) is 17.4. The van der Waals surface area contributed by atoms with Crippen LogP contribution in [0, 0.1) is 0 Å². The molecule has 0 bridgehead atoms. The molecule has 1 saturated heterocycles. The van der Waals surface area contributed by atoms with Crippen molar-refractivity contribution in [2.75, 3.05) is 44.8 Å². The first-order chi connectivity index (χ1) is 19.1. The van der Waals surface area contributed by atoms with Gasteiger partial charge in [-0.05, 0) is 64.0 Å². The van der Waals surface area contributed by atoms with Gasteiger partial charge in [-0.25, -0.2) is 4.79 Å². The Morgan fingerprint density at radius 2 is 1.90 bits per heavy atom. The Hall–Kier alpha value is -3.60. The number of amides is 2. The van der Waals surface area contributed by atoms with Gasteiger partial charge in [0.25, 0.3) is 0 Å². The molecule has 1 aromatic heterocycles. The first-order valence-corrected chi connectivity index (χ1v) is 14.0. The maximum absolute atomic E-state index is 13.7. The standard InChI is InChI=1S/C30H42N8O2/c1-30(2)26-24(18-38(30)29(40)33-25(19-36(3)4)20-9-6-5-7-10-20)27(35-34-26)32-23-11-8-16-37(17-23)28(39)21-12-14-22(31)15-13-21/h5-7,9-10,12-15,23,25,28,39H,8,11,16-19,31H2,1-4H3,(H,33,40)(H2,32,34,35)/t23?,25-,28?/m1/s1. The van der Waals surface area contributed by atoms with Crippen LogP contribution in [0.5, 0.6) is 0 Å². The number of likely N-dealkylation sites (N-methyl/N-ethyl adjacent to an activating group) is 1. The summed E-state index contributed by atoms with van der Waals surface area (Å²) in [6.07, 6.45) is 1.25. The predicted molar refractivity (Wildman–Crippen MR) is 157 cm³/mol. The zero-order valence-corrected chi connectivity index (χ0v) is 23.9. The maximum atomic E-state index is 13.7. The zero-order chi connectivity index (χ0) is 28.4. The van der Waals surface area contributed by atoms with Crippen molar-refractivity contribution < 1.29 is 9.90 Å². The lowest BCUT2D eigenvalue weighted by Gasteiger charge is -2.36. The summed E-state index contributed by atoms with van der Waals surface area (Å²) in [6.45, 7) is 6.76. The lowest BCUT2D eigenvalue weighted by atomic mass is 10.0. The van der Waals surface area contributed by atoms with Crippen molar-refractivity contribution in [1.82, 2.24) is 30.2 Å². The molecule has 3 heterocycles. The summed E-state index contributed by atoms with van der Waals surface area (Å²) in [4.78, 5) is 19.7.